The summed E-state index contributed by atoms with van der Waals surface area (Å²) in [7, 11) is 1.94. The highest BCUT2D eigenvalue weighted by atomic mass is 15.3. The monoisotopic (exact) mass is 259 g/mol. The molecule has 0 aliphatic heterocycles. The molecule has 19 heavy (non-hydrogen) atoms. The topological polar surface area (TPSA) is 47.7 Å². The van der Waals surface area contributed by atoms with Crippen molar-refractivity contribution in [2.24, 2.45) is 7.05 Å². The molecule has 1 N–H and O–H groups in total. The number of hydrogen-bond donors (Lipinski definition) is 1. The molecule has 5 heteroatoms. The Balaban J connectivity index is 1.50. The van der Waals surface area contributed by atoms with Crippen LogP contribution < -0.4 is 5.32 Å². The molecule has 0 unspecified atom stereocenters. The summed E-state index contributed by atoms with van der Waals surface area (Å²) in [6.45, 7) is 1.59. The van der Waals surface area contributed by atoms with Gasteiger partial charge in [0.15, 0.2) is 0 Å². The Bertz CT molecular complexity index is 521. The van der Waals surface area contributed by atoms with Gasteiger partial charge >= 0.3 is 0 Å². The van der Waals surface area contributed by atoms with E-state index in [2.05, 4.69) is 32.5 Å². The first-order valence-corrected chi connectivity index (χ1v) is 7.04. The maximum Gasteiger partial charge on any atom is 0.0762 e. The van der Waals surface area contributed by atoms with Crippen molar-refractivity contribution in [3.63, 3.8) is 0 Å². The number of nitrogens with zero attached hydrogens (tertiary/aromatic N) is 4. The molecule has 0 amide bonds. The molecule has 0 saturated heterocycles. The summed E-state index contributed by atoms with van der Waals surface area (Å²) in [5.74, 6) is 0. The van der Waals surface area contributed by atoms with Crippen molar-refractivity contribution in [3.8, 4) is 0 Å². The largest absolute Gasteiger partial charge is 0.305 e. The van der Waals surface area contributed by atoms with Gasteiger partial charge in [-0.1, -0.05) is 12.8 Å². The fourth-order valence-corrected chi connectivity index (χ4v) is 2.72. The Kier molecular flexibility index (Phi) is 3.64. The highest BCUT2D eigenvalue weighted by Gasteiger charge is 2.17. The van der Waals surface area contributed by atoms with Gasteiger partial charge in [0.2, 0.25) is 0 Å². The zero-order valence-corrected chi connectivity index (χ0v) is 11.4. The highest BCUT2D eigenvalue weighted by molar-refractivity contribution is 5.02. The second-order valence-electron chi connectivity index (χ2n) is 5.31. The number of aromatic nitrogens is 4. The van der Waals surface area contributed by atoms with E-state index in [9.17, 15) is 0 Å². The van der Waals surface area contributed by atoms with E-state index >= 15 is 0 Å². The molecule has 3 rings (SSSR count). The van der Waals surface area contributed by atoms with Crippen LogP contribution in [0.25, 0.3) is 0 Å². The van der Waals surface area contributed by atoms with Crippen LogP contribution in [0.15, 0.2) is 24.5 Å². The third-order valence-electron chi connectivity index (χ3n) is 3.74. The van der Waals surface area contributed by atoms with E-state index in [-0.39, 0.29) is 0 Å². The second kappa shape index (κ2) is 5.57. The summed E-state index contributed by atoms with van der Waals surface area (Å²) in [6.07, 6.45) is 9.33. The predicted molar refractivity (Wildman–Crippen MR) is 73.5 cm³/mol. The normalized spacial score (nSPS) is 16.3. The molecule has 0 radical (unpaired) electrons. The number of rotatable bonds is 5. The average Bonchev–Trinajstić information content (AvgIpc) is 3.09. The average molecular weight is 259 g/mol. The van der Waals surface area contributed by atoms with Crippen LogP contribution in [-0.4, -0.2) is 19.6 Å². The lowest BCUT2D eigenvalue weighted by molar-refractivity contribution is 0.460. The van der Waals surface area contributed by atoms with Gasteiger partial charge in [0.05, 0.1) is 17.4 Å². The third-order valence-corrected chi connectivity index (χ3v) is 3.74. The van der Waals surface area contributed by atoms with E-state index in [1.54, 1.807) is 0 Å². The zero-order chi connectivity index (χ0) is 13.1. The summed E-state index contributed by atoms with van der Waals surface area (Å²) in [6, 6.07) is 4.78. The van der Waals surface area contributed by atoms with Crippen LogP contribution in [0.3, 0.4) is 0 Å². The molecule has 0 bridgehead atoms. The van der Waals surface area contributed by atoms with Crippen LogP contribution in [-0.2, 0) is 20.1 Å². The summed E-state index contributed by atoms with van der Waals surface area (Å²) in [4.78, 5) is 0. The minimum Gasteiger partial charge on any atom is -0.305 e. The van der Waals surface area contributed by atoms with E-state index in [0.29, 0.717) is 6.04 Å². The molecule has 5 nitrogen and oxygen atoms in total. The molecular formula is C14H21N5. The SMILES string of the molecule is Cn1ccc(CNCc2ccn(C3CCCC3)n2)n1. The first-order chi connectivity index (χ1) is 9.31. The molecule has 0 aromatic carbocycles. The first-order valence-electron chi connectivity index (χ1n) is 7.04. The van der Waals surface area contributed by atoms with Crippen LogP contribution in [0.2, 0.25) is 0 Å². The lowest BCUT2D eigenvalue weighted by Crippen LogP contribution is -2.14. The van der Waals surface area contributed by atoms with Gasteiger partial charge in [-0.15, -0.1) is 0 Å². The Morgan fingerprint density at radius 3 is 2.47 bits per heavy atom. The van der Waals surface area contributed by atoms with Gasteiger partial charge in [-0.2, -0.15) is 10.2 Å². The van der Waals surface area contributed by atoms with E-state index in [0.717, 1.165) is 24.5 Å². The fourth-order valence-electron chi connectivity index (χ4n) is 2.72. The van der Waals surface area contributed by atoms with Crippen molar-refractivity contribution in [1.29, 1.82) is 0 Å². The molecule has 2 aromatic heterocycles. The minimum atomic E-state index is 0.629. The summed E-state index contributed by atoms with van der Waals surface area (Å²) in [5, 5.41) is 12.4. The zero-order valence-electron chi connectivity index (χ0n) is 11.4. The van der Waals surface area contributed by atoms with Crippen molar-refractivity contribution in [3.05, 3.63) is 35.9 Å². The van der Waals surface area contributed by atoms with Gasteiger partial charge < -0.3 is 5.32 Å². The molecule has 1 aliphatic rings. The van der Waals surface area contributed by atoms with Gasteiger partial charge in [0.1, 0.15) is 0 Å². The van der Waals surface area contributed by atoms with E-state index in [1.807, 2.05) is 24.0 Å². The van der Waals surface area contributed by atoms with Crippen molar-refractivity contribution >= 4 is 0 Å². The van der Waals surface area contributed by atoms with Crippen LogP contribution in [0.4, 0.5) is 0 Å². The second-order valence-corrected chi connectivity index (χ2v) is 5.31. The van der Waals surface area contributed by atoms with E-state index in [4.69, 9.17) is 0 Å². The van der Waals surface area contributed by atoms with E-state index < -0.39 is 0 Å². The van der Waals surface area contributed by atoms with Crippen LogP contribution in [0, 0.1) is 0 Å². The molecule has 102 valence electrons. The maximum atomic E-state index is 4.66. The van der Waals surface area contributed by atoms with Gasteiger partial charge in [0, 0.05) is 32.5 Å². The lowest BCUT2D eigenvalue weighted by atomic mass is 10.3. The Labute approximate surface area is 113 Å². The minimum absolute atomic E-state index is 0.629. The van der Waals surface area contributed by atoms with Crippen molar-refractivity contribution < 1.29 is 0 Å². The van der Waals surface area contributed by atoms with Gasteiger partial charge in [-0.25, -0.2) is 0 Å². The standard InChI is InChI=1S/C14H21N5/c1-18-8-6-12(16-18)10-15-11-13-7-9-19(17-13)14-4-2-3-5-14/h6-9,14-15H,2-5,10-11H2,1H3. The summed E-state index contributed by atoms with van der Waals surface area (Å²) < 4.78 is 3.97. The van der Waals surface area contributed by atoms with Crippen molar-refractivity contribution in [1.82, 2.24) is 24.9 Å². The molecule has 1 aliphatic carbocycles. The number of nitrogens with one attached hydrogen (secondary N) is 1. The molecule has 0 spiro atoms. The molecule has 1 saturated carbocycles. The Morgan fingerprint density at radius 2 is 1.79 bits per heavy atom. The van der Waals surface area contributed by atoms with Crippen molar-refractivity contribution in [2.45, 2.75) is 44.8 Å². The maximum absolute atomic E-state index is 4.66. The predicted octanol–water partition coefficient (Wildman–Crippen LogP) is 2.02. The molecule has 0 atom stereocenters. The summed E-state index contributed by atoms with van der Waals surface area (Å²) >= 11 is 0. The van der Waals surface area contributed by atoms with Gasteiger partial charge in [0.25, 0.3) is 0 Å². The molecule has 1 fully saturated rings. The van der Waals surface area contributed by atoms with Crippen LogP contribution in [0.5, 0.6) is 0 Å². The molecule has 2 aromatic rings. The smallest absolute Gasteiger partial charge is 0.0762 e. The van der Waals surface area contributed by atoms with Crippen LogP contribution in [0.1, 0.15) is 43.1 Å². The highest BCUT2D eigenvalue weighted by Crippen LogP contribution is 2.28. The first kappa shape index (κ1) is 12.4. The Hall–Kier alpha value is -1.62. The van der Waals surface area contributed by atoms with E-state index in [1.165, 1.54) is 25.7 Å². The quantitative estimate of drug-likeness (QED) is 0.893. The number of hydrogen-bond acceptors (Lipinski definition) is 3. The number of aryl methyl sites for hydroxylation is 1. The lowest BCUT2D eigenvalue weighted by Gasteiger charge is -2.08. The van der Waals surface area contributed by atoms with Gasteiger partial charge in [-0.3, -0.25) is 9.36 Å². The van der Waals surface area contributed by atoms with Crippen molar-refractivity contribution in [2.75, 3.05) is 0 Å². The third kappa shape index (κ3) is 3.04. The summed E-state index contributed by atoms with van der Waals surface area (Å²) in [5.41, 5.74) is 2.18. The van der Waals surface area contributed by atoms with Gasteiger partial charge in [-0.05, 0) is 25.0 Å². The molecular weight excluding hydrogens is 238 g/mol. The Morgan fingerprint density at radius 1 is 1.11 bits per heavy atom. The fraction of sp³-hybridized carbons (Fsp3) is 0.571. The van der Waals surface area contributed by atoms with Crippen LogP contribution >= 0.6 is 0 Å². The molecule has 2 heterocycles.